The third-order valence-electron chi connectivity index (χ3n) is 6.11. The summed E-state index contributed by atoms with van der Waals surface area (Å²) in [5.41, 5.74) is 4.50. The Kier molecular flexibility index (Phi) is 6.41. The molecule has 0 saturated carbocycles. The van der Waals surface area contributed by atoms with Gasteiger partial charge < -0.3 is 19.9 Å². The normalized spacial score (nSPS) is 17.9. The third kappa shape index (κ3) is 4.05. The molecule has 2 N–H and O–H groups in total. The van der Waals surface area contributed by atoms with Gasteiger partial charge in [0.1, 0.15) is 12.6 Å². The van der Waals surface area contributed by atoms with Gasteiger partial charge >= 0.3 is 12.1 Å². The number of carbonyl (C=O) groups is 3. The molecule has 2 aromatic rings. The Morgan fingerprint density at radius 1 is 1.09 bits per heavy atom. The van der Waals surface area contributed by atoms with Gasteiger partial charge in [-0.1, -0.05) is 48.5 Å². The van der Waals surface area contributed by atoms with E-state index in [1.54, 1.807) is 0 Å². The number of hydrogen-bond donors (Lipinski definition) is 2. The summed E-state index contributed by atoms with van der Waals surface area (Å²) in [5.74, 6) is -1.33. The Labute approximate surface area is 186 Å². The number of aliphatic hydroxyl groups excluding tert-OH is 1. The summed E-state index contributed by atoms with van der Waals surface area (Å²) in [5, 5.41) is 11.8. The van der Waals surface area contributed by atoms with Gasteiger partial charge in [-0.3, -0.25) is 9.69 Å². The monoisotopic (exact) mass is 438 g/mol. The number of ether oxygens (including phenoxy) is 2. The van der Waals surface area contributed by atoms with Crippen molar-refractivity contribution in [3.05, 3.63) is 59.7 Å². The van der Waals surface area contributed by atoms with Crippen LogP contribution in [0.2, 0.25) is 0 Å². The molecule has 2 atom stereocenters. The molecule has 0 bridgehead atoms. The maximum absolute atomic E-state index is 12.9. The lowest BCUT2D eigenvalue weighted by atomic mass is 9.98. The highest BCUT2D eigenvalue weighted by atomic mass is 16.6. The minimum atomic E-state index is -1.17. The average molecular weight is 438 g/mol. The first kappa shape index (κ1) is 21.8. The van der Waals surface area contributed by atoms with Crippen molar-refractivity contribution in [1.82, 2.24) is 10.2 Å². The van der Waals surface area contributed by atoms with Crippen LogP contribution in [0.3, 0.4) is 0 Å². The molecule has 0 radical (unpaired) electrons. The van der Waals surface area contributed by atoms with E-state index in [2.05, 4.69) is 22.2 Å². The van der Waals surface area contributed by atoms with Gasteiger partial charge in [0, 0.05) is 12.5 Å². The second-order valence-electron chi connectivity index (χ2n) is 7.92. The summed E-state index contributed by atoms with van der Waals surface area (Å²) in [6.07, 6.45) is 0.530. The number of nitrogens with one attached hydrogen (secondary N) is 1. The molecule has 2 aromatic carbocycles. The molecule has 1 aliphatic heterocycles. The molecule has 168 valence electrons. The van der Waals surface area contributed by atoms with Crippen molar-refractivity contribution in [2.75, 3.05) is 26.9 Å². The zero-order valence-corrected chi connectivity index (χ0v) is 17.8. The fraction of sp³-hybridized carbons (Fsp3) is 0.375. The van der Waals surface area contributed by atoms with Crippen LogP contribution < -0.4 is 5.32 Å². The Morgan fingerprint density at radius 3 is 2.31 bits per heavy atom. The fourth-order valence-electron chi connectivity index (χ4n) is 4.52. The highest BCUT2D eigenvalue weighted by molar-refractivity contribution is 5.90. The molecule has 1 aliphatic carbocycles. The van der Waals surface area contributed by atoms with E-state index in [1.165, 1.54) is 12.0 Å². The van der Waals surface area contributed by atoms with E-state index >= 15 is 0 Å². The van der Waals surface area contributed by atoms with Gasteiger partial charge in [-0.25, -0.2) is 9.59 Å². The fourth-order valence-corrected chi connectivity index (χ4v) is 4.52. The summed E-state index contributed by atoms with van der Waals surface area (Å²) in [6.45, 7) is -0.0357. The standard InChI is InChI=1S/C24H26N2O6/c1-31-23(29)20(13-27)25-22(28)21-11-6-12-26(21)24(30)32-14-19-17-9-4-2-7-15(17)16-8-3-5-10-18(16)19/h2-5,7-10,19-21,27H,6,11-14H2,1H3,(H,25,28)/t20?,21-/m0/s1. The highest BCUT2D eigenvalue weighted by Gasteiger charge is 2.38. The van der Waals surface area contributed by atoms with Crippen molar-refractivity contribution in [1.29, 1.82) is 0 Å². The smallest absolute Gasteiger partial charge is 0.410 e. The Hall–Kier alpha value is -3.39. The summed E-state index contributed by atoms with van der Waals surface area (Å²) in [7, 11) is 1.18. The van der Waals surface area contributed by atoms with Gasteiger partial charge in [0.25, 0.3) is 0 Å². The number of esters is 1. The molecule has 8 heteroatoms. The van der Waals surface area contributed by atoms with Crippen molar-refractivity contribution in [3.8, 4) is 11.1 Å². The van der Waals surface area contributed by atoms with Crippen LogP contribution in [0.5, 0.6) is 0 Å². The largest absolute Gasteiger partial charge is 0.467 e. The Balaban J connectivity index is 1.43. The predicted molar refractivity (Wildman–Crippen MR) is 116 cm³/mol. The number of methoxy groups -OCH3 is 1. The van der Waals surface area contributed by atoms with Crippen LogP contribution in [-0.4, -0.2) is 66.9 Å². The van der Waals surface area contributed by atoms with Gasteiger partial charge in [0.2, 0.25) is 5.91 Å². The molecule has 8 nitrogen and oxygen atoms in total. The van der Waals surface area contributed by atoms with Crippen LogP contribution >= 0.6 is 0 Å². The van der Waals surface area contributed by atoms with Gasteiger partial charge in [0.15, 0.2) is 6.04 Å². The second kappa shape index (κ2) is 9.40. The molecule has 32 heavy (non-hydrogen) atoms. The van der Waals surface area contributed by atoms with E-state index in [1.807, 2.05) is 36.4 Å². The number of hydrogen-bond acceptors (Lipinski definition) is 6. The first-order valence-electron chi connectivity index (χ1n) is 10.7. The van der Waals surface area contributed by atoms with E-state index in [9.17, 15) is 19.5 Å². The minimum absolute atomic E-state index is 0.0701. The SMILES string of the molecule is COC(=O)C(CO)NC(=O)[C@@H]1CCCN1C(=O)OCC1c2ccccc2-c2ccccc21. The maximum atomic E-state index is 12.9. The Morgan fingerprint density at radius 2 is 1.72 bits per heavy atom. The second-order valence-corrected chi connectivity index (χ2v) is 7.92. The van der Waals surface area contributed by atoms with Crippen molar-refractivity contribution in [2.24, 2.45) is 0 Å². The number of nitrogens with zero attached hydrogens (tertiary/aromatic N) is 1. The first-order chi connectivity index (χ1) is 15.5. The molecule has 1 heterocycles. The number of carbonyl (C=O) groups excluding carboxylic acids is 3. The number of aliphatic hydroxyl groups is 1. The van der Waals surface area contributed by atoms with Crippen LogP contribution in [0, 0.1) is 0 Å². The average Bonchev–Trinajstić information content (AvgIpc) is 3.44. The van der Waals surface area contributed by atoms with E-state index < -0.39 is 36.7 Å². The quantitative estimate of drug-likeness (QED) is 0.669. The maximum Gasteiger partial charge on any atom is 0.410 e. The van der Waals surface area contributed by atoms with E-state index in [0.29, 0.717) is 19.4 Å². The first-order valence-corrected chi connectivity index (χ1v) is 10.7. The van der Waals surface area contributed by atoms with Crippen molar-refractivity contribution in [3.63, 3.8) is 0 Å². The summed E-state index contributed by atoms with van der Waals surface area (Å²) < 4.78 is 10.2. The summed E-state index contributed by atoms with van der Waals surface area (Å²) >= 11 is 0. The van der Waals surface area contributed by atoms with Crippen LogP contribution in [0.25, 0.3) is 11.1 Å². The number of amides is 2. The zero-order valence-electron chi connectivity index (χ0n) is 17.8. The molecule has 1 saturated heterocycles. The van der Waals surface area contributed by atoms with Gasteiger partial charge in [-0.2, -0.15) is 0 Å². The Bertz CT molecular complexity index is 978. The molecule has 0 aromatic heterocycles. The van der Waals surface area contributed by atoms with E-state index in [-0.39, 0.29) is 12.5 Å². The lowest BCUT2D eigenvalue weighted by Gasteiger charge is -2.25. The molecule has 2 amide bonds. The van der Waals surface area contributed by atoms with Crippen molar-refractivity contribution >= 4 is 18.0 Å². The lowest BCUT2D eigenvalue weighted by Crippen LogP contribution is -2.52. The van der Waals surface area contributed by atoms with E-state index in [4.69, 9.17) is 4.74 Å². The van der Waals surface area contributed by atoms with Crippen LogP contribution in [0.15, 0.2) is 48.5 Å². The highest BCUT2D eigenvalue weighted by Crippen LogP contribution is 2.44. The number of rotatable bonds is 6. The summed E-state index contributed by atoms with van der Waals surface area (Å²) in [4.78, 5) is 38.6. The topological polar surface area (TPSA) is 105 Å². The number of fused-ring (bicyclic) bond motifs is 3. The summed E-state index contributed by atoms with van der Waals surface area (Å²) in [6, 6.07) is 14.2. The van der Waals surface area contributed by atoms with Gasteiger partial charge in [0.05, 0.1) is 13.7 Å². The minimum Gasteiger partial charge on any atom is -0.467 e. The third-order valence-corrected chi connectivity index (χ3v) is 6.11. The number of likely N-dealkylation sites (tertiary alicyclic amines) is 1. The molecule has 4 rings (SSSR count). The molecule has 2 aliphatic rings. The van der Waals surface area contributed by atoms with Crippen LogP contribution in [0.4, 0.5) is 4.79 Å². The predicted octanol–water partition coefficient (Wildman–Crippen LogP) is 2.05. The van der Waals surface area contributed by atoms with E-state index in [0.717, 1.165) is 22.3 Å². The molecular weight excluding hydrogens is 412 g/mol. The zero-order chi connectivity index (χ0) is 22.7. The van der Waals surface area contributed by atoms with Crippen LogP contribution in [-0.2, 0) is 19.1 Å². The molecule has 1 unspecified atom stereocenters. The molecular formula is C24H26N2O6. The number of benzene rings is 2. The van der Waals surface area contributed by atoms with Gasteiger partial charge in [-0.15, -0.1) is 0 Å². The van der Waals surface area contributed by atoms with Crippen molar-refractivity contribution in [2.45, 2.75) is 30.8 Å². The lowest BCUT2D eigenvalue weighted by molar-refractivity contribution is -0.146. The molecule has 0 spiro atoms. The molecule has 1 fully saturated rings. The van der Waals surface area contributed by atoms with Crippen LogP contribution in [0.1, 0.15) is 29.9 Å². The van der Waals surface area contributed by atoms with Crippen molar-refractivity contribution < 1.29 is 29.0 Å². The van der Waals surface area contributed by atoms with Gasteiger partial charge in [-0.05, 0) is 35.1 Å².